The Balaban J connectivity index is 1.68. The molecule has 1 aromatic carbocycles. The predicted molar refractivity (Wildman–Crippen MR) is 82.1 cm³/mol. The zero-order valence-electron chi connectivity index (χ0n) is 12.6. The highest BCUT2D eigenvalue weighted by Crippen LogP contribution is 2.13. The summed E-state index contributed by atoms with van der Waals surface area (Å²) in [7, 11) is 1.69. The van der Waals surface area contributed by atoms with Crippen molar-refractivity contribution in [2.75, 3.05) is 17.6 Å². The van der Waals surface area contributed by atoms with Crippen LogP contribution < -0.4 is 10.6 Å². The molecule has 8 nitrogen and oxygen atoms in total. The maximum absolute atomic E-state index is 13.0. The van der Waals surface area contributed by atoms with Crippen LogP contribution in [0.25, 0.3) is 0 Å². The van der Waals surface area contributed by atoms with E-state index in [1.54, 1.807) is 7.05 Å². The molecule has 24 heavy (non-hydrogen) atoms. The van der Waals surface area contributed by atoms with Gasteiger partial charge in [-0.15, -0.1) is 5.10 Å². The Morgan fingerprint density at radius 1 is 1.25 bits per heavy atom. The largest absolute Gasteiger partial charge is 0.347 e. The number of tetrazole rings is 1. The van der Waals surface area contributed by atoms with Crippen LogP contribution in [-0.4, -0.2) is 44.3 Å². The molecule has 1 heterocycles. The van der Waals surface area contributed by atoms with Crippen LogP contribution in [0.4, 0.5) is 14.5 Å². The minimum atomic E-state index is -1.06. The van der Waals surface area contributed by atoms with Crippen molar-refractivity contribution in [2.45, 2.75) is 11.6 Å². The summed E-state index contributed by atoms with van der Waals surface area (Å²) in [6.45, 7) is -0.270. The van der Waals surface area contributed by atoms with E-state index in [-0.39, 0.29) is 24.6 Å². The molecule has 11 heteroatoms. The van der Waals surface area contributed by atoms with Gasteiger partial charge in [0.2, 0.25) is 17.0 Å². The van der Waals surface area contributed by atoms with Crippen LogP contribution in [0.1, 0.15) is 6.42 Å². The quantitative estimate of drug-likeness (QED) is 0.709. The highest BCUT2D eigenvalue weighted by molar-refractivity contribution is 7.99. The van der Waals surface area contributed by atoms with Gasteiger partial charge in [-0.2, -0.15) is 0 Å². The van der Waals surface area contributed by atoms with Gasteiger partial charge >= 0.3 is 0 Å². The summed E-state index contributed by atoms with van der Waals surface area (Å²) >= 11 is 1.31. The lowest BCUT2D eigenvalue weighted by molar-refractivity contribution is -0.123. The fourth-order valence-electron chi connectivity index (χ4n) is 1.62. The molecular formula is C13H14F2N6O2S. The van der Waals surface area contributed by atoms with Crippen molar-refractivity contribution in [3.05, 3.63) is 29.8 Å². The predicted octanol–water partition coefficient (Wildman–Crippen LogP) is 0.725. The molecule has 0 bridgehead atoms. The van der Waals surface area contributed by atoms with Crippen LogP contribution in [0.2, 0.25) is 0 Å². The number of amides is 2. The lowest BCUT2D eigenvalue weighted by atomic mass is 10.3. The number of aromatic nitrogens is 4. The number of hydrogen-bond donors (Lipinski definition) is 2. The lowest BCUT2D eigenvalue weighted by Gasteiger charge is -2.07. The van der Waals surface area contributed by atoms with Crippen molar-refractivity contribution in [2.24, 2.45) is 7.05 Å². The number of nitrogens with zero attached hydrogens (tertiary/aromatic N) is 4. The molecule has 0 spiro atoms. The summed E-state index contributed by atoms with van der Waals surface area (Å²) in [6.07, 6.45) is 0.177. The molecular weight excluding hydrogens is 342 g/mol. The Morgan fingerprint density at radius 3 is 2.71 bits per heavy atom. The lowest BCUT2D eigenvalue weighted by Crippen LogP contribution is -2.33. The number of anilines is 1. The van der Waals surface area contributed by atoms with E-state index in [1.807, 2.05) is 0 Å². The molecule has 128 valence electrons. The van der Waals surface area contributed by atoms with Crippen LogP contribution >= 0.6 is 11.8 Å². The maximum atomic E-state index is 13.0. The van der Waals surface area contributed by atoms with Gasteiger partial charge < -0.3 is 10.6 Å². The number of hydrogen-bond acceptors (Lipinski definition) is 6. The number of benzene rings is 1. The Kier molecular flexibility index (Phi) is 6.18. The molecule has 0 atom stereocenters. The van der Waals surface area contributed by atoms with Crippen LogP contribution in [0, 0.1) is 11.6 Å². The molecule has 0 unspecified atom stereocenters. The number of aryl methyl sites for hydroxylation is 1. The fraction of sp³-hybridized carbons (Fsp3) is 0.308. The Morgan fingerprint density at radius 2 is 2.04 bits per heavy atom. The Bertz CT molecular complexity index is 739. The van der Waals surface area contributed by atoms with Crippen molar-refractivity contribution >= 4 is 29.3 Å². The third kappa shape index (κ3) is 5.26. The molecule has 2 amide bonds. The van der Waals surface area contributed by atoms with Crippen molar-refractivity contribution < 1.29 is 18.4 Å². The molecule has 0 fully saturated rings. The molecule has 2 N–H and O–H groups in total. The van der Waals surface area contributed by atoms with Crippen molar-refractivity contribution in [1.29, 1.82) is 0 Å². The molecule has 0 aliphatic carbocycles. The first kappa shape index (κ1) is 17.8. The number of nitrogens with one attached hydrogen (secondary N) is 2. The van der Waals surface area contributed by atoms with Gasteiger partial charge in [0.05, 0.1) is 6.54 Å². The second kappa shape index (κ2) is 8.34. The molecule has 2 aromatic rings. The molecule has 0 aliphatic rings. The second-order valence-electron chi connectivity index (χ2n) is 4.64. The summed E-state index contributed by atoms with van der Waals surface area (Å²) in [5, 5.41) is 16.3. The van der Waals surface area contributed by atoms with Gasteiger partial charge in [0, 0.05) is 31.0 Å². The summed E-state index contributed by atoms with van der Waals surface area (Å²) in [5.74, 6) is -2.48. The van der Waals surface area contributed by atoms with Crippen molar-refractivity contribution in [3.63, 3.8) is 0 Å². The molecule has 0 aliphatic heterocycles. The van der Waals surface area contributed by atoms with Gasteiger partial charge in [-0.25, -0.2) is 13.5 Å². The third-order valence-corrected chi connectivity index (χ3v) is 3.80. The van der Waals surface area contributed by atoms with Gasteiger partial charge in [-0.1, -0.05) is 11.8 Å². The fourth-order valence-corrected chi connectivity index (χ4v) is 2.41. The van der Waals surface area contributed by atoms with Gasteiger partial charge in [0.25, 0.3) is 0 Å². The van der Waals surface area contributed by atoms with Gasteiger partial charge in [-0.3, -0.25) is 9.59 Å². The average molecular weight is 356 g/mol. The van der Waals surface area contributed by atoms with Crippen LogP contribution in [0.15, 0.2) is 23.4 Å². The van der Waals surface area contributed by atoms with Crippen molar-refractivity contribution in [3.8, 4) is 0 Å². The van der Waals surface area contributed by atoms with E-state index in [9.17, 15) is 18.4 Å². The van der Waals surface area contributed by atoms with Gasteiger partial charge in [0.15, 0.2) is 11.6 Å². The molecule has 1 aromatic heterocycles. The second-order valence-corrected chi connectivity index (χ2v) is 5.70. The monoisotopic (exact) mass is 356 g/mol. The first-order valence-corrected chi connectivity index (χ1v) is 7.81. The maximum Gasteiger partial charge on any atom is 0.243 e. The number of carbonyl (C=O) groups is 2. The summed E-state index contributed by atoms with van der Waals surface area (Å²) < 4.78 is 27.3. The molecule has 0 saturated heterocycles. The first-order valence-electron chi connectivity index (χ1n) is 6.82. The minimum absolute atomic E-state index is 0.110. The number of thioether (sulfide) groups is 1. The summed E-state index contributed by atoms with van der Waals surface area (Å²) in [5.41, 5.74) is 0.110. The normalized spacial score (nSPS) is 10.5. The molecule has 0 saturated carbocycles. The first-order chi connectivity index (χ1) is 11.5. The van der Waals surface area contributed by atoms with Crippen molar-refractivity contribution in [1.82, 2.24) is 25.5 Å². The highest BCUT2D eigenvalue weighted by Gasteiger charge is 2.09. The minimum Gasteiger partial charge on any atom is -0.347 e. The molecule has 0 radical (unpaired) electrons. The number of carbonyl (C=O) groups excluding carboxylic acids is 2. The highest BCUT2D eigenvalue weighted by atomic mass is 32.2. The average Bonchev–Trinajstić information content (AvgIpc) is 2.94. The standard InChI is InChI=1S/C13H14F2N6O2S/c1-21-13(18-19-20-21)24-5-4-11(22)16-7-12(23)17-8-2-3-9(14)10(15)6-8/h2-3,6H,4-5,7H2,1H3,(H,16,22)(H,17,23). The van der Waals surface area contributed by atoms with E-state index in [0.717, 1.165) is 12.1 Å². The topological polar surface area (TPSA) is 102 Å². The number of halogens is 2. The third-order valence-electron chi connectivity index (χ3n) is 2.79. The van der Waals surface area contributed by atoms with E-state index in [2.05, 4.69) is 26.2 Å². The summed E-state index contributed by atoms with van der Waals surface area (Å²) in [6, 6.07) is 2.99. The van der Waals surface area contributed by atoms with E-state index in [1.165, 1.54) is 22.5 Å². The number of rotatable bonds is 7. The molecule has 2 rings (SSSR count). The zero-order valence-corrected chi connectivity index (χ0v) is 13.4. The van der Waals surface area contributed by atoms with Crippen LogP contribution in [-0.2, 0) is 16.6 Å². The van der Waals surface area contributed by atoms with Gasteiger partial charge in [-0.05, 0) is 22.6 Å². The zero-order chi connectivity index (χ0) is 17.5. The SMILES string of the molecule is Cn1nnnc1SCCC(=O)NCC(=O)Nc1ccc(F)c(F)c1. The van der Waals surface area contributed by atoms with Gasteiger partial charge in [0.1, 0.15) is 0 Å². The smallest absolute Gasteiger partial charge is 0.243 e. The Hall–Kier alpha value is -2.56. The van der Waals surface area contributed by atoms with E-state index in [0.29, 0.717) is 10.9 Å². The van der Waals surface area contributed by atoms with E-state index < -0.39 is 17.5 Å². The van der Waals surface area contributed by atoms with E-state index in [4.69, 9.17) is 0 Å². The van der Waals surface area contributed by atoms with E-state index >= 15 is 0 Å². The summed E-state index contributed by atoms with van der Waals surface area (Å²) in [4.78, 5) is 23.3. The Labute approximate surface area is 140 Å². The van der Waals surface area contributed by atoms with Crippen LogP contribution in [0.3, 0.4) is 0 Å². The van der Waals surface area contributed by atoms with Crippen LogP contribution in [0.5, 0.6) is 0 Å².